The van der Waals surface area contributed by atoms with Gasteiger partial charge in [0, 0.05) is 12.6 Å². The molecule has 2 amide bonds. The van der Waals surface area contributed by atoms with Crippen LogP contribution in [0.5, 0.6) is 0 Å². The molecule has 0 aromatic carbocycles. The molecule has 5 fully saturated rings. The van der Waals surface area contributed by atoms with Gasteiger partial charge in [0.15, 0.2) is 0 Å². The highest BCUT2D eigenvalue weighted by Gasteiger charge is 2.53. The van der Waals surface area contributed by atoms with E-state index in [1.54, 1.807) is 0 Å². The molecular weight excluding hydrogens is 248 g/mol. The lowest BCUT2D eigenvalue weighted by Crippen LogP contribution is -2.58. The Hall–Kier alpha value is -0.730. The summed E-state index contributed by atoms with van der Waals surface area (Å²) in [4.78, 5) is 14.7. The predicted molar refractivity (Wildman–Crippen MR) is 79.3 cm³/mol. The average molecular weight is 276 g/mol. The lowest BCUT2D eigenvalue weighted by molar-refractivity contribution is -0.0566. The molecule has 1 heterocycles. The van der Waals surface area contributed by atoms with Crippen molar-refractivity contribution in [3.8, 4) is 0 Å². The number of nitrogens with one attached hydrogen (secondary N) is 1. The highest BCUT2D eigenvalue weighted by Crippen LogP contribution is 2.55. The lowest BCUT2D eigenvalue weighted by Gasteiger charge is -2.57. The van der Waals surface area contributed by atoms with Crippen LogP contribution in [0.15, 0.2) is 0 Å². The fraction of sp³-hybridized carbons (Fsp3) is 0.941. The van der Waals surface area contributed by atoms with Crippen LogP contribution in [0.1, 0.15) is 52.4 Å². The zero-order valence-electron chi connectivity index (χ0n) is 12.8. The van der Waals surface area contributed by atoms with Gasteiger partial charge in [0.1, 0.15) is 0 Å². The van der Waals surface area contributed by atoms with E-state index in [2.05, 4.69) is 24.1 Å². The van der Waals surface area contributed by atoms with Crippen molar-refractivity contribution in [1.29, 1.82) is 0 Å². The van der Waals surface area contributed by atoms with E-state index in [4.69, 9.17) is 0 Å². The molecule has 4 saturated carbocycles. The Morgan fingerprint density at radius 1 is 1.10 bits per heavy atom. The second kappa shape index (κ2) is 4.64. The number of hydrogen-bond donors (Lipinski definition) is 1. The molecular formula is C17H28N2O. The molecule has 1 N–H and O–H groups in total. The van der Waals surface area contributed by atoms with Gasteiger partial charge < -0.3 is 10.2 Å². The minimum atomic E-state index is 0.230. The van der Waals surface area contributed by atoms with Crippen molar-refractivity contribution in [3.05, 3.63) is 0 Å². The molecule has 0 spiro atoms. The van der Waals surface area contributed by atoms with Crippen LogP contribution in [0.4, 0.5) is 4.79 Å². The van der Waals surface area contributed by atoms with Gasteiger partial charge in [0.2, 0.25) is 0 Å². The van der Waals surface area contributed by atoms with Crippen molar-refractivity contribution in [2.75, 3.05) is 6.54 Å². The monoisotopic (exact) mass is 276 g/mol. The summed E-state index contributed by atoms with van der Waals surface area (Å²) in [6.45, 7) is 5.43. The van der Waals surface area contributed by atoms with Crippen LogP contribution in [0.2, 0.25) is 0 Å². The summed E-state index contributed by atoms with van der Waals surface area (Å²) in [5.41, 5.74) is 0. The Morgan fingerprint density at radius 3 is 2.25 bits per heavy atom. The van der Waals surface area contributed by atoms with E-state index in [-0.39, 0.29) is 6.03 Å². The number of amides is 2. The first-order valence-electron chi connectivity index (χ1n) is 8.68. The van der Waals surface area contributed by atoms with Crippen LogP contribution < -0.4 is 5.32 Å². The number of nitrogens with zero attached hydrogens (tertiary/aromatic N) is 1. The van der Waals surface area contributed by atoms with Crippen LogP contribution in [-0.2, 0) is 0 Å². The molecule has 5 rings (SSSR count). The van der Waals surface area contributed by atoms with Crippen molar-refractivity contribution in [3.63, 3.8) is 0 Å². The van der Waals surface area contributed by atoms with Gasteiger partial charge in [-0.15, -0.1) is 0 Å². The van der Waals surface area contributed by atoms with E-state index in [9.17, 15) is 4.79 Å². The Morgan fingerprint density at radius 2 is 1.70 bits per heavy atom. The first-order chi connectivity index (χ1) is 9.61. The van der Waals surface area contributed by atoms with Crippen molar-refractivity contribution in [2.24, 2.45) is 29.6 Å². The summed E-state index contributed by atoms with van der Waals surface area (Å²) in [5, 5.41) is 3.12. The maximum atomic E-state index is 12.4. The van der Waals surface area contributed by atoms with Crippen LogP contribution in [-0.4, -0.2) is 29.6 Å². The first-order valence-corrected chi connectivity index (χ1v) is 8.68. The molecule has 3 nitrogen and oxygen atoms in total. The summed E-state index contributed by atoms with van der Waals surface area (Å²) in [7, 11) is 0. The molecule has 3 heteroatoms. The average Bonchev–Trinajstić information content (AvgIpc) is 2.69. The van der Waals surface area contributed by atoms with E-state index in [0.717, 1.165) is 36.6 Å². The Balaban J connectivity index is 1.57. The Bertz CT molecular complexity index is 378. The van der Waals surface area contributed by atoms with E-state index in [1.165, 1.54) is 32.1 Å². The third-order valence-electron chi connectivity index (χ3n) is 6.36. The van der Waals surface area contributed by atoms with Crippen molar-refractivity contribution < 1.29 is 4.79 Å². The molecule has 0 aromatic heterocycles. The standard InChI is InChI=1S/C17H28N2O/c1-10(2)3-15-9-18-17(20)19(15)16-13-5-11-4-12(7-13)8-14(16)6-11/h10-16H,3-9H2,1-2H3,(H,18,20). The quantitative estimate of drug-likeness (QED) is 0.843. The van der Waals surface area contributed by atoms with Crippen molar-refractivity contribution in [1.82, 2.24) is 10.2 Å². The first kappa shape index (κ1) is 13.0. The van der Waals surface area contributed by atoms with Crippen LogP contribution in [0.3, 0.4) is 0 Å². The molecule has 5 aliphatic rings. The summed E-state index contributed by atoms with van der Waals surface area (Å²) in [5.74, 6) is 4.27. The topological polar surface area (TPSA) is 32.3 Å². The zero-order valence-corrected chi connectivity index (χ0v) is 12.8. The summed E-state index contributed by atoms with van der Waals surface area (Å²) in [6, 6.07) is 1.24. The second-order valence-electron chi connectivity index (χ2n) is 8.30. The number of rotatable bonds is 3. The predicted octanol–water partition coefficient (Wildman–Crippen LogP) is 3.25. The maximum absolute atomic E-state index is 12.4. The number of carbonyl (C=O) groups is 1. The second-order valence-corrected chi connectivity index (χ2v) is 8.30. The van der Waals surface area contributed by atoms with Crippen LogP contribution >= 0.6 is 0 Å². The van der Waals surface area contributed by atoms with Gasteiger partial charge in [0.25, 0.3) is 0 Å². The number of urea groups is 1. The largest absolute Gasteiger partial charge is 0.336 e. The van der Waals surface area contributed by atoms with Gasteiger partial charge in [-0.2, -0.15) is 0 Å². The molecule has 112 valence electrons. The van der Waals surface area contributed by atoms with E-state index >= 15 is 0 Å². The van der Waals surface area contributed by atoms with Crippen molar-refractivity contribution >= 4 is 6.03 Å². The fourth-order valence-corrected chi connectivity index (χ4v) is 6.03. The SMILES string of the molecule is CC(C)CC1CNC(=O)N1C1C2CC3CC(C2)CC1C3. The lowest BCUT2D eigenvalue weighted by atomic mass is 9.53. The molecule has 4 aliphatic carbocycles. The minimum absolute atomic E-state index is 0.230. The van der Waals surface area contributed by atoms with Gasteiger partial charge in [-0.25, -0.2) is 4.79 Å². The molecule has 1 unspecified atom stereocenters. The molecule has 20 heavy (non-hydrogen) atoms. The van der Waals surface area contributed by atoms with Gasteiger partial charge in [-0.05, 0) is 68.1 Å². The van der Waals surface area contributed by atoms with Crippen molar-refractivity contribution in [2.45, 2.75) is 64.5 Å². The normalized spacial score (nSPS) is 46.4. The van der Waals surface area contributed by atoms with Gasteiger partial charge >= 0.3 is 6.03 Å². The molecule has 4 bridgehead atoms. The summed E-state index contributed by atoms with van der Waals surface area (Å²) < 4.78 is 0. The van der Waals surface area contributed by atoms with Gasteiger partial charge in [-0.3, -0.25) is 0 Å². The summed E-state index contributed by atoms with van der Waals surface area (Å²) >= 11 is 0. The van der Waals surface area contributed by atoms with Gasteiger partial charge in [0.05, 0.1) is 6.04 Å². The maximum Gasteiger partial charge on any atom is 0.318 e. The Kier molecular flexibility index (Phi) is 3.01. The van der Waals surface area contributed by atoms with E-state index in [1.807, 2.05) is 0 Å². The van der Waals surface area contributed by atoms with E-state index in [0.29, 0.717) is 18.0 Å². The van der Waals surface area contributed by atoms with Crippen LogP contribution in [0, 0.1) is 29.6 Å². The number of hydrogen-bond acceptors (Lipinski definition) is 1. The number of carbonyl (C=O) groups excluding carboxylic acids is 1. The molecule has 1 atom stereocenters. The van der Waals surface area contributed by atoms with Crippen LogP contribution in [0.25, 0.3) is 0 Å². The Labute approximate surface area is 122 Å². The third kappa shape index (κ3) is 1.96. The van der Waals surface area contributed by atoms with Gasteiger partial charge in [-0.1, -0.05) is 13.8 Å². The molecule has 1 saturated heterocycles. The van der Waals surface area contributed by atoms with E-state index < -0.39 is 0 Å². The highest BCUT2D eigenvalue weighted by molar-refractivity contribution is 5.77. The molecule has 0 radical (unpaired) electrons. The highest BCUT2D eigenvalue weighted by atomic mass is 16.2. The fourth-order valence-electron chi connectivity index (χ4n) is 6.03. The smallest absolute Gasteiger partial charge is 0.318 e. The third-order valence-corrected chi connectivity index (χ3v) is 6.36. The zero-order chi connectivity index (χ0) is 13.9. The minimum Gasteiger partial charge on any atom is -0.336 e. The molecule has 1 aliphatic heterocycles. The molecule has 0 aromatic rings. The summed E-state index contributed by atoms with van der Waals surface area (Å²) in [6.07, 6.45) is 8.24.